The Balaban J connectivity index is 2.30. The summed E-state index contributed by atoms with van der Waals surface area (Å²) in [6.07, 6.45) is 3.37. The lowest BCUT2D eigenvalue weighted by molar-refractivity contribution is 0.639. The van der Waals surface area contributed by atoms with E-state index in [9.17, 15) is 0 Å². The summed E-state index contributed by atoms with van der Waals surface area (Å²) in [5, 5.41) is 3.42. The average Bonchev–Trinajstić information content (AvgIpc) is 2.25. The maximum Gasteiger partial charge on any atom is 0.0340 e. The molecule has 1 aromatic carbocycles. The third kappa shape index (κ3) is 6.32. The SMILES string of the molecule is CC(C)Cc1ccc(NCCCC(C)N)cc1. The zero-order chi connectivity index (χ0) is 12.7. The van der Waals surface area contributed by atoms with E-state index in [0.29, 0.717) is 6.04 Å². The minimum atomic E-state index is 0.310. The van der Waals surface area contributed by atoms with Crippen LogP contribution in [-0.2, 0) is 6.42 Å². The molecular formula is C15H26N2. The standard InChI is InChI=1S/C15H26N2/c1-12(2)11-14-6-8-15(9-7-14)17-10-4-5-13(3)16/h6-9,12-13,17H,4-5,10-11,16H2,1-3H3. The maximum absolute atomic E-state index is 5.71. The molecule has 3 N–H and O–H groups in total. The number of anilines is 1. The molecule has 1 rings (SSSR count). The highest BCUT2D eigenvalue weighted by molar-refractivity contribution is 5.44. The number of nitrogens with two attached hydrogens (primary N) is 1. The van der Waals surface area contributed by atoms with Crippen molar-refractivity contribution in [3.8, 4) is 0 Å². The summed E-state index contributed by atoms with van der Waals surface area (Å²) < 4.78 is 0. The Morgan fingerprint density at radius 3 is 2.29 bits per heavy atom. The van der Waals surface area contributed by atoms with Gasteiger partial charge in [0.2, 0.25) is 0 Å². The van der Waals surface area contributed by atoms with Crippen LogP contribution < -0.4 is 11.1 Å². The molecule has 0 radical (unpaired) electrons. The summed E-state index contributed by atoms with van der Waals surface area (Å²) in [6, 6.07) is 9.08. The molecular weight excluding hydrogens is 208 g/mol. The second-order valence-electron chi connectivity index (χ2n) is 5.34. The van der Waals surface area contributed by atoms with Crippen molar-refractivity contribution in [2.24, 2.45) is 11.7 Å². The zero-order valence-electron chi connectivity index (χ0n) is 11.4. The minimum absolute atomic E-state index is 0.310. The van der Waals surface area contributed by atoms with Crippen molar-refractivity contribution < 1.29 is 0 Å². The highest BCUT2D eigenvalue weighted by Crippen LogP contribution is 2.13. The van der Waals surface area contributed by atoms with Crippen LogP contribution >= 0.6 is 0 Å². The molecule has 1 unspecified atom stereocenters. The van der Waals surface area contributed by atoms with Crippen molar-refractivity contribution in [2.75, 3.05) is 11.9 Å². The summed E-state index contributed by atoms with van der Waals surface area (Å²) in [5.41, 5.74) is 8.34. The highest BCUT2D eigenvalue weighted by Gasteiger charge is 1.98. The van der Waals surface area contributed by atoms with E-state index in [-0.39, 0.29) is 0 Å². The second-order valence-corrected chi connectivity index (χ2v) is 5.34. The monoisotopic (exact) mass is 234 g/mol. The van der Waals surface area contributed by atoms with Crippen LogP contribution in [-0.4, -0.2) is 12.6 Å². The zero-order valence-corrected chi connectivity index (χ0v) is 11.4. The van der Waals surface area contributed by atoms with Crippen molar-refractivity contribution in [3.63, 3.8) is 0 Å². The minimum Gasteiger partial charge on any atom is -0.385 e. The van der Waals surface area contributed by atoms with Gasteiger partial charge in [-0.25, -0.2) is 0 Å². The van der Waals surface area contributed by atoms with Crippen molar-refractivity contribution in [1.82, 2.24) is 0 Å². The van der Waals surface area contributed by atoms with Crippen LogP contribution in [0.25, 0.3) is 0 Å². The van der Waals surface area contributed by atoms with E-state index in [1.54, 1.807) is 0 Å². The third-order valence-corrected chi connectivity index (χ3v) is 2.76. The molecule has 2 heteroatoms. The van der Waals surface area contributed by atoms with Gasteiger partial charge in [0.05, 0.1) is 0 Å². The summed E-state index contributed by atoms with van der Waals surface area (Å²) in [6.45, 7) is 7.56. The quantitative estimate of drug-likeness (QED) is 0.709. The predicted molar refractivity (Wildman–Crippen MR) is 76.4 cm³/mol. The highest BCUT2D eigenvalue weighted by atomic mass is 14.9. The predicted octanol–water partition coefficient (Wildman–Crippen LogP) is 3.42. The van der Waals surface area contributed by atoms with Gasteiger partial charge in [-0.05, 0) is 49.8 Å². The first-order chi connectivity index (χ1) is 8.08. The first-order valence-corrected chi connectivity index (χ1v) is 6.66. The Hall–Kier alpha value is -1.02. The van der Waals surface area contributed by atoms with E-state index in [1.165, 1.54) is 11.3 Å². The molecule has 0 aliphatic rings. The van der Waals surface area contributed by atoms with Gasteiger partial charge in [0, 0.05) is 18.3 Å². The van der Waals surface area contributed by atoms with Gasteiger partial charge in [-0.15, -0.1) is 0 Å². The lowest BCUT2D eigenvalue weighted by atomic mass is 10.0. The molecule has 0 aliphatic carbocycles. The molecule has 0 saturated heterocycles. The molecule has 0 aromatic heterocycles. The Morgan fingerprint density at radius 2 is 1.76 bits per heavy atom. The molecule has 17 heavy (non-hydrogen) atoms. The van der Waals surface area contributed by atoms with Gasteiger partial charge in [0.15, 0.2) is 0 Å². The normalized spacial score (nSPS) is 12.8. The van der Waals surface area contributed by atoms with Gasteiger partial charge in [0.1, 0.15) is 0 Å². The van der Waals surface area contributed by atoms with Gasteiger partial charge < -0.3 is 11.1 Å². The lowest BCUT2D eigenvalue weighted by Crippen LogP contribution is -2.16. The topological polar surface area (TPSA) is 38.0 Å². The van der Waals surface area contributed by atoms with Crippen LogP contribution in [0.1, 0.15) is 39.2 Å². The van der Waals surface area contributed by atoms with Crippen molar-refractivity contribution in [1.29, 1.82) is 0 Å². The van der Waals surface area contributed by atoms with Crippen molar-refractivity contribution in [3.05, 3.63) is 29.8 Å². The maximum atomic E-state index is 5.71. The Morgan fingerprint density at radius 1 is 1.12 bits per heavy atom. The summed E-state index contributed by atoms with van der Waals surface area (Å²) in [7, 11) is 0. The van der Waals surface area contributed by atoms with Crippen LogP contribution in [0.2, 0.25) is 0 Å². The smallest absolute Gasteiger partial charge is 0.0340 e. The Bertz CT molecular complexity index is 301. The largest absolute Gasteiger partial charge is 0.385 e. The van der Waals surface area contributed by atoms with Crippen molar-refractivity contribution in [2.45, 2.75) is 46.1 Å². The molecule has 0 bridgehead atoms. The second kappa shape index (κ2) is 7.33. The van der Waals surface area contributed by atoms with E-state index >= 15 is 0 Å². The third-order valence-electron chi connectivity index (χ3n) is 2.76. The fourth-order valence-electron chi connectivity index (χ4n) is 1.89. The van der Waals surface area contributed by atoms with Crippen LogP contribution in [0.5, 0.6) is 0 Å². The molecule has 2 nitrogen and oxygen atoms in total. The summed E-state index contributed by atoms with van der Waals surface area (Å²) >= 11 is 0. The van der Waals surface area contributed by atoms with Crippen LogP contribution in [0.4, 0.5) is 5.69 Å². The number of nitrogens with one attached hydrogen (secondary N) is 1. The molecule has 0 fully saturated rings. The number of benzene rings is 1. The molecule has 0 amide bonds. The van der Waals surface area contributed by atoms with Gasteiger partial charge in [-0.1, -0.05) is 26.0 Å². The van der Waals surface area contributed by atoms with Crippen molar-refractivity contribution >= 4 is 5.69 Å². The van der Waals surface area contributed by atoms with E-state index in [1.807, 2.05) is 0 Å². The van der Waals surface area contributed by atoms with Crippen LogP contribution in [0.3, 0.4) is 0 Å². The fraction of sp³-hybridized carbons (Fsp3) is 0.600. The van der Waals surface area contributed by atoms with Crippen LogP contribution in [0, 0.1) is 5.92 Å². The van der Waals surface area contributed by atoms with Gasteiger partial charge in [-0.3, -0.25) is 0 Å². The average molecular weight is 234 g/mol. The molecule has 0 heterocycles. The van der Waals surface area contributed by atoms with E-state index in [4.69, 9.17) is 5.73 Å². The first kappa shape index (κ1) is 14.0. The molecule has 0 aliphatic heterocycles. The summed E-state index contributed by atoms with van der Waals surface area (Å²) in [4.78, 5) is 0. The molecule has 0 spiro atoms. The number of hydrogen-bond donors (Lipinski definition) is 2. The Labute approximate surface area is 106 Å². The number of rotatable bonds is 7. The van der Waals surface area contributed by atoms with E-state index in [0.717, 1.165) is 31.7 Å². The van der Waals surface area contributed by atoms with E-state index in [2.05, 4.69) is 50.4 Å². The molecule has 96 valence electrons. The fourth-order valence-corrected chi connectivity index (χ4v) is 1.89. The molecule has 1 atom stereocenters. The van der Waals surface area contributed by atoms with Gasteiger partial charge in [-0.2, -0.15) is 0 Å². The van der Waals surface area contributed by atoms with Gasteiger partial charge >= 0.3 is 0 Å². The van der Waals surface area contributed by atoms with Crippen LogP contribution in [0.15, 0.2) is 24.3 Å². The molecule has 0 saturated carbocycles. The number of hydrogen-bond acceptors (Lipinski definition) is 2. The summed E-state index contributed by atoms with van der Waals surface area (Å²) in [5.74, 6) is 0.722. The van der Waals surface area contributed by atoms with Gasteiger partial charge in [0.25, 0.3) is 0 Å². The molecule has 1 aromatic rings. The Kier molecular flexibility index (Phi) is 6.06. The first-order valence-electron chi connectivity index (χ1n) is 6.66. The lowest BCUT2D eigenvalue weighted by Gasteiger charge is -2.09. The van der Waals surface area contributed by atoms with E-state index < -0.39 is 0 Å².